The number of hydrogen-bond donors (Lipinski definition) is 1. The summed E-state index contributed by atoms with van der Waals surface area (Å²) in [6.07, 6.45) is 0. The zero-order chi connectivity index (χ0) is 11.0. The lowest BCUT2D eigenvalue weighted by molar-refractivity contribution is 0.741. The molecule has 1 aromatic carbocycles. The van der Waals surface area contributed by atoms with Crippen LogP contribution in [0.1, 0.15) is 11.3 Å². The van der Waals surface area contributed by atoms with Crippen molar-refractivity contribution in [1.29, 1.82) is 0 Å². The molecule has 1 aromatic heterocycles. The van der Waals surface area contributed by atoms with Crippen LogP contribution in [0.25, 0.3) is 10.9 Å². The van der Waals surface area contributed by atoms with Crippen molar-refractivity contribution >= 4 is 26.8 Å². The highest BCUT2D eigenvalue weighted by atomic mass is 79.9. The van der Waals surface area contributed by atoms with Crippen molar-refractivity contribution < 1.29 is 0 Å². The minimum atomic E-state index is 0.880. The molecule has 15 heavy (non-hydrogen) atoms. The molecular weight excluding hydrogens is 252 g/mol. The Morgan fingerprint density at radius 1 is 1.40 bits per heavy atom. The van der Waals surface area contributed by atoms with Crippen LogP contribution >= 0.6 is 15.9 Å². The first-order valence-corrected chi connectivity index (χ1v) is 5.82. The number of nitrogens with one attached hydrogen (secondary N) is 1. The molecule has 2 rings (SSSR count). The molecule has 0 aliphatic rings. The predicted molar refractivity (Wildman–Crippen MR) is 68.1 cm³/mol. The summed E-state index contributed by atoms with van der Waals surface area (Å²) in [5.41, 5.74) is 3.86. The molecule has 0 amide bonds. The van der Waals surface area contributed by atoms with E-state index < -0.39 is 0 Å². The van der Waals surface area contributed by atoms with Gasteiger partial charge in [-0.1, -0.05) is 11.6 Å². The Labute approximate surface area is 98.4 Å². The molecule has 80 valence electrons. The van der Waals surface area contributed by atoms with Crippen molar-refractivity contribution in [2.45, 2.75) is 13.5 Å². The van der Waals surface area contributed by atoms with Gasteiger partial charge in [0.1, 0.15) is 0 Å². The Morgan fingerprint density at radius 2 is 2.13 bits per heavy atom. The molecule has 1 heterocycles. The fourth-order valence-electron chi connectivity index (χ4n) is 1.93. The Hall–Kier alpha value is -0.800. The van der Waals surface area contributed by atoms with Gasteiger partial charge in [0.15, 0.2) is 0 Å². The Morgan fingerprint density at radius 3 is 2.80 bits per heavy atom. The van der Waals surface area contributed by atoms with Crippen molar-refractivity contribution in [1.82, 2.24) is 9.88 Å². The predicted octanol–water partition coefficient (Wildman–Crippen LogP) is 2.97. The maximum atomic E-state index is 3.68. The van der Waals surface area contributed by atoms with E-state index in [1.54, 1.807) is 0 Å². The van der Waals surface area contributed by atoms with Crippen LogP contribution in [0, 0.1) is 6.92 Å². The average Bonchev–Trinajstić information content (AvgIpc) is 2.44. The van der Waals surface area contributed by atoms with Crippen LogP contribution in [-0.4, -0.2) is 11.6 Å². The van der Waals surface area contributed by atoms with Crippen molar-refractivity contribution in [3.63, 3.8) is 0 Å². The summed E-state index contributed by atoms with van der Waals surface area (Å²) in [7, 11) is 4.07. The monoisotopic (exact) mass is 266 g/mol. The van der Waals surface area contributed by atoms with Gasteiger partial charge in [0.2, 0.25) is 0 Å². The largest absolute Gasteiger partial charge is 0.345 e. The van der Waals surface area contributed by atoms with Gasteiger partial charge in [0.25, 0.3) is 0 Å². The quantitative estimate of drug-likeness (QED) is 0.885. The van der Waals surface area contributed by atoms with Gasteiger partial charge >= 0.3 is 0 Å². The van der Waals surface area contributed by atoms with Crippen LogP contribution in [0.2, 0.25) is 0 Å². The number of rotatable bonds is 2. The summed E-state index contributed by atoms with van der Waals surface area (Å²) in [4.78, 5) is 0. The van der Waals surface area contributed by atoms with E-state index in [2.05, 4.69) is 58.0 Å². The second-order valence-corrected chi connectivity index (χ2v) is 4.66. The molecular formula is C12H15BrN2. The van der Waals surface area contributed by atoms with Gasteiger partial charge in [-0.2, -0.15) is 0 Å². The topological polar surface area (TPSA) is 17.0 Å². The highest BCUT2D eigenvalue weighted by molar-refractivity contribution is 9.10. The molecule has 0 radical (unpaired) electrons. The van der Waals surface area contributed by atoms with Crippen LogP contribution in [0.5, 0.6) is 0 Å². The van der Waals surface area contributed by atoms with Crippen molar-refractivity contribution in [3.8, 4) is 0 Å². The third-order valence-corrected chi connectivity index (χ3v) is 3.64. The highest BCUT2D eigenvalue weighted by Crippen LogP contribution is 2.30. The molecule has 3 heteroatoms. The van der Waals surface area contributed by atoms with Crippen molar-refractivity contribution in [3.05, 3.63) is 33.9 Å². The first kappa shape index (κ1) is 10.7. The van der Waals surface area contributed by atoms with Gasteiger partial charge in [-0.3, -0.25) is 0 Å². The first-order chi connectivity index (χ1) is 7.15. The van der Waals surface area contributed by atoms with E-state index in [4.69, 9.17) is 0 Å². The fraction of sp³-hybridized carbons (Fsp3) is 0.333. The molecule has 0 saturated heterocycles. The molecule has 1 N–H and O–H groups in total. The lowest BCUT2D eigenvalue weighted by Crippen LogP contribution is -2.09. The lowest BCUT2D eigenvalue weighted by atomic mass is 10.2. The molecule has 0 aliphatic carbocycles. The fourth-order valence-corrected chi connectivity index (χ4v) is 2.65. The number of hydrogen-bond acceptors (Lipinski definition) is 1. The molecule has 0 bridgehead atoms. The molecule has 0 atom stereocenters. The van der Waals surface area contributed by atoms with Crippen molar-refractivity contribution in [2.75, 3.05) is 7.05 Å². The number of fused-ring (bicyclic) bond motifs is 1. The van der Waals surface area contributed by atoms with Gasteiger partial charge in [-0.25, -0.2) is 0 Å². The van der Waals surface area contributed by atoms with Gasteiger partial charge in [-0.05, 0) is 42.0 Å². The van der Waals surface area contributed by atoms with Gasteiger partial charge in [0, 0.05) is 34.7 Å². The van der Waals surface area contributed by atoms with Gasteiger partial charge < -0.3 is 9.88 Å². The van der Waals surface area contributed by atoms with E-state index in [0.717, 1.165) is 6.54 Å². The zero-order valence-corrected chi connectivity index (χ0v) is 10.9. The minimum absolute atomic E-state index is 0.880. The second kappa shape index (κ2) is 3.99. The molecule has 0 fully saturated rings. The SMILES string of the molecule is CNCc1c(Br)c2cc(C)ccc2n1C. The standard InChI is InChI=1S/C12H15BrN2/c1-8-4-5-10-9(6-8)12(13)11(7-14-2)15(10)3/h4-6,14H,7H2,1-3H3. The smallest absolute Gasteiger partial charge is 0.0492 e. The van der Waals surface area contributed by atoms with E-state index >= 15 is 0 Å². The Bertz CT molecular complexity index is 500. The summed E-state index contributed by atoms with van der Waals surface area (Å²) in [6, 6.07) is 6.55. The van der Waals surface area contributed by atoms with Crippen LogP contribution in [0.3, 0.4) is 0 Å². The van der Waals surface area contributed by atoms with E-state index in [1.165, 1.54) is 26.6 Å². The molecule has 0 aliphatic heterocycles. The van der Waals surface area contributed by atoms with Crippen LogP contribution in [0.4, 0.5) is 0 Å². The van der Waals surface area contributed by atoms with Crippen LogP contribution < -0.4 is 5.32 Å². The van der Waals surface area contributed by atoms with Gasteiger partial charge in [0.05, 0.1) is 0 Å². The van der Waals surface area contributed by atoms with Crippen molar-refractivity contribution in [2.24, 2.45) is 7.05 Å². The number of aryl methyl sites for hydroxylation is 2. The average molecular weight is 267 g/mol. The summed E-state index contributed by atoms with van der Waals surface area (Å²) in [5.74, 6) is 0. The zero-order valence-electron chi connectivity index (χ0n) is 9.26. The molecule has 2 nitrogen and oxygen atoms in total. The second-order valence-electron chi connectivity index (χ2n) is 3.87. The highest BCUT2D eigenvalue weighted by Gasteiger charge is 2.11. The molecule has 0 unspecified atom stereocenters. The minimum Gasteiger partial charge on any atom is -0.345 e. The first-order valence-electron chi connectivity index (χ1n) is 5.03. The van der Waals surface area contributed by atoms with E-state index in [-0.39, 0.29) is 0 Å². The number of aromatic nitrogens is 1. The number of benzene rings is 1. The Kier molecular flexibility index (Phi) is 2.85. The van der Waals surface area contributed by atoms with Crippen LogP contribution in [-0.2, 0) is 13.6 Å². The van der Waals surface area contributed by atoms with E-state index in [1.807, 2.05) is 7.05 Å². The van der Waals surface area contributed by atoms with E-state index in [0.29, 0.717) is 0 Å². The normalized spacial score (nSPS) is 11.2. The van der Waals surface area contributed by atoms with Gasteiger partial charge in [-0.15, -0.1) is 0 Å². The maximum absolute atomic E-state index is 3.68. The number of halogens is 1. The molecule has 0 spiro atoms. The lowest BCUT2D eigenvalue weighted by Gasteiger charge is -2.03. The van der Waals surface area contributed by atoms with Crippen LogP contribution in [0.15, 0.2) is 22.7 Å². The third-order valence-electron chi connectivity index (χ3n) is 2.75. The summed E-state index contributed by atoms with van der Waals surface area (Å²) >= 11 is 3.68. The Balaban J connectivity index is 2.73. The maximum Gasteiger partial charge on any atom is 0.0492 e. The summed E-state index contributed by atoms with van der Waals surface area (Å²) < 4.78 is 3.44. The molecule has 2 aromatic rings. The van der Waals surface area contributed by atoms with E-state index in [9.17, 15) is 0 Å². The number of nitrogens with zero attached hydrogens (tertiary/aromatic N) is 1. The molecule has 0 saturated carbocycles. The summed E-state index contributed by atoms with van der Waals surface area (Å²) in [5, 5.41) is 4.48. The third kappa shape index (κ3) is 1.70. The summed E-state index contributed by atoms with van der Waals surface area (Å²) in [6.45, 7) is 3.00.